The number of hydrogen-bond acceptors (Lipinski definition) is 6. The Morgan fingerprint density at radius 3 is 2.50 bits per heavy atom. The molecule has 1 atom stereocenters. The fourth-order valence-electron chi connectivity index (χ4n) is 4.83. The van der Waals surface area contributed by atoms with Crippen LogP contribution in [-0.2, 0) is 6.42 Å². The van der Waals surface area contributed by atoms with Gasteiger partial charge in [0.15, 0.2) is 11.5 Å². The van der Waals surface area contributed by atoms with E-state index in [9.17, 15) is 9.59 Å². The monoisotopic (exact) mass is 430 g/mol. The standard InChI is InChI=1S/C25H26N4O3/c1-16-6-3-4-7-19(16)18-14-20-23(21(30)15-18)17(2)26-25(27-20)29-11-9-28(10-12-29)24(31)22-8-5-13-32-22/h3-8,13,18H,9-12,14-15H2,1-2H3/t18-/m1/s1. The maximum atomic E-state index is 13.0. The molecule has 7 nitrogen and oxygen atoms in total. The van der Waals surface area contributed by atoms with Crippen LogP contribution in [0.2, 0.25) is 0 Å². The maximum absolute atomic E-state index is 13.0. The van der Waals surface area contributed by atoms with Gasteiger partial charge in [-0.3, -0.25) is 9.59 Å². The minimum atomic E-state index is -0.0936. The minimum absolute atomic E-state index is 0.0936. The number of benzene rings is 1. The summed E-state index contributed by atoms with van der Waals surface area (Å²) in [5.74, 6) is 1.17. The lowest BCUT2D eigenvalue weighted by Gasteiger charge is -2.35. The summed E-state index contributed by atoms with van der Waals surface area (Å²) in [5.41, 5.74) is 4.69. The Hall–Kier alpha value is -3.48. The van der Waals surface area contributed by atoms with Crippen molar-refractivity contribution < 1.29 is 14.0 Å². The van der Waals surface area contributed by atoms with Gasteiger partial charge in [-0.2, -0.15) is 0 Å². The first-order valence-corrected chi connectivity index (χ1v) is 11.0. The number of carbonyl (C=O) groups is 2. The molecule has 164 valence electrons. The topological polar surface area (TPSA) is 79.5 Å². The van der Waals surface area contributed by atoms with Crippen molar-refractivity contribution >= 4 is 17.6 Å². The van der Waals surface area contributed by atoms with E-state index in [-0.39, 0.29) is 17.6 Å². The zero-order valence-electron chi connectivity index (χ0n) is 18.4. The average molecular weight is 431 g/mol. The fraction of sp³-hybridized carbons (Fsp3) is 0.360. The number of Topliss-reactive ketones (excluding diaryl/α,β-unsaturated/α-hetero) is 1. The Morgan fingerprint density at radius 2 is 1.78 bits per heavy atom. The van der Waals surface area contributed by atoms with E-state index in [1.165, 1.54) is 17.4 Å². The predicted molar refractivity (Wildman–Crippen MR) is 120 cm³/mol. The van der Waals surface area contributed by atoms with E-state index in [1.54, 1.807) is 17.0 Å². The Balaban J connectivity index is 1.36. The van der Waals surface area contributed by atoms with Crippen LogP contribution in [-0.4, -0.2) is 52.7 Å². The number of ketones is 1. The summed E-state index contributed by atoms with van der Waals surface area (Å²) in [7, 11) is 0. The van der Waals surface area contributed by atoms with Crippen LogP contribution >= 0.6 is 0 Å². The van der Waals surface area contributed by atoms with Crippen molar-refractivity contribution in [2.75, 3.05) is 31.1 Å². The zero-order chi connectivity index (χ0) is 22.2. The predicted octanol–water partition coefficient (Wildman–Crippen LogP) is 3.56. The number of furan rings is 1. The molecule has 0 unspecified atom stereocenters. The molecule has 0 spiro atoms. The van der Waals surface area contributed by atoms with Crippen LogP contribution in [0, 0.1) is 13.8 Å². The lowest BCUT2D eigenvalue weighted by atomic mass is 9.80. The molecule has 32 heavy (non-hydrogen) atoms. The van der Waals surface area contributed by atoms with Gasteiger partial charge < -0.3 is 14.2 Å². The summed E-state index contributed by atoms with van der Waals surface area (Å²) >= 11 is 0. The molecule has 2 aliphatic rings. The highest BCUT2D eigenvalue weighted by molar-refractivity contribution is 5.99. The SMILES string of the molecule is Cc1ccccc1[C@H]1CC(=O)c2c(C)nc(N3CCN(C(=O)c4ccco4)CC3)nc2C1. The third-order valence-electron chi connectivity index (χ3n) is 6.51. The molecule has 2 aromatic heterocycles. The first-order chi connectivity index (χ1) is 15.5. The number of aryl methyl sites for hydroxylation is 2. The van der Waals surface area contributed by atoms with Gasteiger partial charge in [0.05, 0.1) is 23.2 Å². The van der Waals surface area contributed by atoms with E-state index < -0.39 is 0 Å². The highest BCUT2D eigenvalue weighted by Crippen LogP contribution is 2.35. The molecular formula is C25H26N4O3. The van der Waals surface area contributed by atoms with Crippen molar-refractivity contribution in [2.24, 2.45) is 0 Å². The number of anilines is 1. The first-order valence-electron chi connectivity index (χ1n) is 11.0. The van der Waals surface area contributed by atoms with E-state index in [2.05, 4.69) is 28.9 Å². The Labute approximate surface area is 187 Å². The van der Waals surface area contributed by atoms with Crippen molar-refractivity contribution in [3.8, 4) is 0 Å². The summed E-state index contributed by atoms with van der Waals surface area (Å²) in [6.45, 7) is 6.41. The maximum Gasteiger partial charge on any atom is 0.289 e. The number of amides is 1. The van der Waals surface area contributed by atoms with Gasteiger partial charge in [-0.1, -0.05) is 24.3 Å². The van der Waals surface area contributed by atoms with Gasteiger partial charge in [0, 0.05) is 32.6 Å². The Kier molecular flexibility index (Phi) is 5.25. The summed E-state index contributed by atoms with van der Waals surface area (Å²) in [6.07, 6.45) is 2.74. The van der Waals surface area contributed by atoms with Gasteiger partial charge in [0.1, 0.15) is 0 Å². The minimum Gasteiger partial charge on any atom is -0.459 e. The van der Waals surface area contributed by atoms with Crippen LogP contribution in [0.1, 0.15) is 55.8 Å². The molecular weight excluding hydrogens is 404 g/mol. The van der Waals surface area contributed by atoms with E-state index in [1.807, 2.05) is 19.1 Å². The fourth-order valence-corrected chi connectivity index (χ4v) is 4.83. The number of fused-ring (bicyclic) bond motifs is 1. The molecule has 1 fully saturated rings. The van der Waals surface area contributed by atoms with Crippen molar-refractivity contribution in [3.05, 3.63) is 76.5 Å². The van der Waals surface area contributed by atoms with Gasteiger partial charge in [-0.05, 0) is 49.4 Å². The van der Waals surface area contributed by atoms with E-state index in [0.29, 0.717) is 49.9 Å². The molecule has 1 aromatic carbocycles. The van der Waals surface area contributed by atoms with Crippen molar-refractivity contribution in [1.29, 1.82) is 0 Å². The summed E-state index contributed by atoms with van der Waals surface area (Å²) in [6, 6.07) is 11.7. The number of aromatic nitrogens is 2. The van der Waals surface area contributed by atoms with Gasteiger partial charge >= 0.3 is 0 Å². The second-order valence-electron chi connectivity index (χ2n) is 8.57. The third kappa shape index (κ3) is 3.68. The highest BCUT2D eigenvalue weighted by Gasteiger charge is 2.32. The van der Waals surface area contributed by atoms with Gasteiger partial charge in [0.25, 0.3) is 5.91 Å². The van der Waals surface area contributed by atoms with Crippen molar-refractivity contribution in [1.82, 2.24) is 14.9 Å². The van der Waals surface area contributed by atoms with Gasteiger partial charge in [-0.15, -0.1) is 0 Å². The highest BCUT2D eigenvalue weighted by atomic mass is 16.3. The average Bonchev–Trinajstić information content (AvgIpc) is 3.33. The van der Waals surface area contributed by atoms with Crippen LogP contribution in [0.4, 0.5) is 5.95 Å². The van der Waals surface area contributed by atoms with E-state index in [4.69, 9.17) is 9.40 Å². The van der Waals surface area contributed by atoms with Crippen molar-refractivity contribution in [2.45, 2.75) is 32.6 Å². The lowest BCUT2D eigenvalue weighted by Crippen LogP contribution is -2.49. The summed E-state index contributed by atoms with van der Waals surface area (Å²) < 4.78 is 5.24. The molecule has 7 heteroatoms. The quantitative estimate of drug-likeness (QED) is 0.632. The van der Waals surface area contributed by atoms with Crippen LogP contribution in [0.25, 0.3) is 0 Å². The van der Waals surface area contributed by atoms with Crippen molar-refractivity contribution in [3.63, 3.8) is 0 Å². The smallest absolute Gasteiger partial charge is 0.289 e. The first kappa shape index (κ1) is 20.4. The lowest BCUT2D eigenvalue weighted by molar-refractivity contribution is 0.0713. The van der Waals surface area contributed by atoms with Crippen LogP contribution in [0.3, 0.4) is 0 Å². The van der Waals surface area contributed by atoms with Gasteiger partial charge in [0.2, 0.25) is 5.95 Å². The number of carbonyl (C=O) groups excluding carboxylic acids is 2. The summed E-state index contributed by atoms with van der Waals surface area (Å²) in [4.78, 5) is 38.9. The largest absolute Gasteiger partial charge is 0.459 e. The normalized spacial score (nSPS) is 18.6. The molecule has 0 N–H and O–H groups in total. The van der Waals surface area contributed by atoms with Gasteiger partial charge in [-0.25, -0.2) is 9.97 Å². The number of rotatable bonds is 3. The van der Waals surface area contributed by atoms with Crippen LogP contribution in [0.5, 0.6) is 0 Å². The molecule has 0 bridgehead atoms. The van der Waals surface area contributed by atoms with Crippen LogP contribution in [0.15, 0.2) is 47.1 Å². The number of nitrogens with zero attached hydrogens (tertiary/aromatic N) is 4. The van der Waals surface area contributed by atoms with Crippen LogP contribution < -0.4 is 4.90 Å². The number of piperazine rings is 1. The molecule has 1 aliphatic carbocycles. The number of hydrogen-bond donors (Lipinski definition) is 0. The molecule has 0 saturated carbocycles. The zero-order valence-corrected chi connectivity index (χ0v) is 18.4. The molecule has 1 amide bonds. The Bertz CT molecular complexity index is 1160. The molecule has 1 aliphatic heterocycles. The second kappa shape index (κ2) is 8.22. The molecule has 5 rings (SSSR count). The third-order valence-corrected chi connectivity index (χ3v) is 6.51. The molecule has 0 radical (unpaired) electrons. The molecule has 3 heterocycles. The van der Waals surface area contributed by atoms with E-state index >= 15 is 0 Å². The Morgan fingerprint density at radius 1 is 1.00 bits per heavy atom. The second-order valence-corrected chi connectivity index (χ2v) is 8.57. The molecule has 3 aromatic rings. The summed E-state index contributed by atoms with van der Waals surface area (Å²) in [5, 5.41) is 0. The van der Waals surface area contributed by atoms with E-state index in [0.717, 1.165) is 17.8 Å². The molecule has 1 saturated heterocycles.